The molecule has 2 N–H and O–H groups in total. The van der Waals surface area contributed by atoms with E-state index in [1.54, 1.807) is 43.1 Å². The van der Waals surface area contributed by atoms with Crippen LogP contribution < -0.4 is 10.1 Å². The summed E-state index contributed by atoms with van der Waals surface area (Å²) < 4.78 is 16.2. The number of methoxy groups -OCH3 is 1. The van der Waals surface area contributed by atoms with Crippen LogP contribution in [0.1, 0.15) is 35.5 Å². The third-order valence-corrected chi connectivity index (χ3v) is 7.51. The molecule has 1 aliphatic heterocycles. The number of amides is 1. The SMILES string of the molecule is COc1ccccc1SC[C@@H]1C[C@H](c2ccc(CO)cc2)O[C@H](c2ccc(NC(=O)C(Cl)(Cl)Cl)cc2)O1. The van der Waals surface area contributed by atoms with E-state index in [1.807, 2.05) is 48.5 Å². The number of alkyl halides is 3. The molecule has 10 heteroatoms. The number of para-hydroxylation sites is 1. The Morgan fingerprint density at radius 1 is 1.03 bits per heavy atom. The number of carbonyl (C=O) groups excluding carboxylic acids is 1. The van der Waals surface area contributed by atoms with Gasteiger partial charge in [0.15, 0.2) is 6.29 Å². The van der Waals surface area contributed by atoms with Crippen molar-refractivity contribution in [3.8, 4) is 5.75 Å². The molecule has 0 aliphatic carbocycles. The van der Waals surface area contributed by atoms with Gasteiger partial charge in [0.25, 0.3) is 9.70 Å². The molecule has 1 amide bonds. The molecule has 3 aromatic rings. The zero-order valence-electron chi connectivity index (χ0n) is 19.9. The van der Waals surface area contributed by atoms with E-state index in [1.165, 1.54) is 0 Å². The molecule has 196 valence electrons. The second kappa shape index (κ2) is 12.7. The number of thioether (sulfide) groups is 1. The summed E-state index contributed by atoms with van der Waals surface area (Å²) in [6.45, 7) is -0.0170. The van der Waals surface area contributed by atoms with Crippen molar-refractivity contribution in [3.63, 3.8) is 0 Å². The first-order chi connectivity index (χ1) is 17.8. The van der Waals surface area contributed by atoms with Crippen LogP contribution in [-0.2, 0) is 20.9 Å². The van der Waals surface area contributed by atoms with E-state index in [-0.39, 0.29) is 18.8 Å². The summed E-state index contributed by atoms with van der Waals surface area (Å²) in [6, 6.07) is 22.6. The van der Waals surface area contributed by atoms with Crippen LogP contribution in [0, 0.1) is 0 Å². The topological polar surface area (TPSA) is 77.0 Å². The zero-order chi connectivity index (χ0) is 26.4. The van der Waals surface area contributed by atoms with Crippen molar-refractivity contribution in [2.45, 2.75) is 40.2 Å². The Hall–Kier alpha value is -1.97. The molecular weight excluding hydrogens is 557 g/mol. The number of aliphatic hydroxyl groups excluding tert-OH is 1. The summed E-state index contributed by atoms with van der Waals surface area (Å²) in [6.07, 6.45) is -0.287. The van der Waals surface area contributed by atoms with E-state index >= 15 is 0 Å². The number of benzene rings is 3. The van der Waals surface area contributed by atoms with E-state index in [4.69, 9.17) is 49.0 Å². The molecule has 0 radical (unpaired) electrons. The maximum absolute atomic E-state index is 12.0. The monoisotopic (exact) mass is 581 g/mol. The van der Waals surface area contributed by atoms with E-state index in [0.29, 0.717) is 17.9 Å². The molecule has 4 rings (SSSR count). The van der Waals surface area contributed by atoms with Crippen molar-refractivity contribution in [3.05, 3.63) is 89.5 Å². The van der Waals surface area contributed by atoms with Crippen LogP contribution in [0.2, 0.25) is 0 Å². The Morgan fingerprint density at radius 3 is 2.35 bits per heavy atom. The van der Waals surface area contributed by atoms with Crippen LogP contribution in [0.5, 0.6) is 5.75 Å². The molecule has 6 nitrogen and oxygen atoms in total. The van der Waals surface area contributed by atoms with Gasteiger partial charge < -0.3 is 24.6 Å². The smallest absolute Gasteiger partial charge is 0.276 e. The number of halogens is 3. The Bertz CT molecular complexity index is 1190. The lowest BCUT2D eigenvalue weighted by Gasteiger charge is -2.36. The molecule has 3 aromatic carbocycles. The van der Waals surface area contributed by atoms with Crippen molar-refractivity contribution < 1.29 is 24.1 Å². The minimum absolute atomic E-state index is 0.0170. The van der Waals surface area contributed by atoms with Gasteiger partial charge in [0.1, 0.15) is 5.75 Å². The van der Waals surface area contributed by atoms with Gasteiger partial charge in [-0.2, -0.15) is 0 Å². The van der Waals surface area contributed by atoms with E-state index in [9.17, 15) is 9.90 Å². The van der Waals surface area contributed by atoms with Gasteiger partial charge in [0.05, 0.1) is 25.9 Å². The summed E-state index contributed by atoms with van der Waals surface area (Å²) in [5, 5.41) is 12.0. The molecule has 0 unspecified atom stereocenters. The Balaban J connectivity index is 1.52. The molecular formula is C27H26Cl3NO5S. The van der Waals surface area contributed by atoms with Crippen LogP contribution in [-0.4, -0.2) is 33.8 Å². The van der Waals surface area contributed by atoms with Crippen molar-refractivity contribution in [2.24, 2.45) is 0 Å². The lowest BCUT2D eigenvalue weighted by atomic mass is 10.0. The molecule has 0 saturated carbocycles. The molecule has 0 aromatic heterocycles. The van der Waals surface area contributed by atoms with Gasteiger partial charge in [-0.3, -0.25) is 4.79 Å². The van der Waals surface area contributed by atoms with Crippen molar-refractivity contribution in [1.82, 2.24) is 0 Å². The van der Waals surface area contributed by atoms with E-state index < -0.39 is 16.0 Å². The first-order valence-corrected chi connectivity index (χ1v) is 13.6. The highest BCUT2D eigenvalue weighted by atomic mass is 35.6. The second-order valence-electron chi connectivity index (χ2n) is 8.39. The van der Waals surface area contributed by atoms with Crippen LogP contribution in [0.3, 0.4) is 0 Å². The van der Waals surface area contributed by atoms with Crippen LogP contribution >= 0.6 is 46.6 Å². The van der Waals surface area contributed by atoms with E-state index in [0.717, 1.165) is 27.3 Å². The molecule has 3 atom stereocenters. The Kier molecular flexibility index (Phi) is 9.64. The molecule has 1 aliphatic rings. The lowest BCUT2D eigenvalue weighted by molar-refractivity contribution is -0.245. The summed E-state index contributed by atoms with van der Waals surface area (Å²) >= 11 is 18.6. The highest BCUT2D eigenvalue weighted by Crippen LogP contribution is 2.40. The van der Waals surface area contributed by atoms with Gasteiger partial charge in [-0.05, 0) is 35.4 Å². The molecule has 0 bridgehead atoms. The maximum Gasteiger partial charge on any atom is 0.276 e. The second-order valence-corrected chi connectivity index (χ2v) is 11.7. The third-order valence-electron chi connectivity index (χ3n) is 5.81. The van der Waals surface area contributed by atoms with Crippen molar-refractivity contribution >= 4 is 58.2 Å². The van der Waals surface area contributed by atoms with Gasteiger partial charge >= 0.3 is 0 Å². The number of hydrogen-bond acceptors (Lipinski definition) is 6. The quantitative estimate of drug-likeness (QED) is 0.224. The minimum atomic E-state index is -2.06. The third kappa shape index (κ3) is 7.54. The number of aliphatic hydroxyl groups is 1. The number of ether oxygens (including phenoxy) is 3. The number of rotatable bonds is 8. The van der Waals surface area contributed by atoms with Gasteiger partial charge in [-0.1, -0.05) is 83.3 Å². The molecule has 1 heterocycles. The fourth-order valence-electron chi connectivity index (χ4n) is 3.87. The highest BCUT2D eigenvalue weighted by Gasteiger charge is 2.33. The largest absolute Gasteiger partial charge is 0.496 e. The normalized spacial score (nSPS) is 19.9. The standard InChI is InChI=1S/C27H26Cl3NO5S/c1-34-22-4-2-3-5-24(22)37-16-21-14-23(18-8-6-17(15-32)7-9-18)36-25(35-21)19-10-12-20(13-11-19)31-26(33)27(28,29)30/h2-13,21,23,25,32H,14-16H2,1H3,(H,31,33)/t21-,23+,25+/m0/s1. The maximum atomic E-state index is 12.0. The number of carbonyl (C=O) groups is 1. The van der Waals surface area contributed by atoms with Crippen LogP contribution in [0.4, 0.5) is 5.69 Å². The van der Waals surface area contributed by atoms with Gasteiger partial charge in [-0.15, -0.1) is 11.8 Å². The minimum Gasteiger partial charge on any atom is -0.496 e. The van der Waals surface area contributed by atoms with Gasteiger partial charge in [-0.25, -0.2) is 0 Å². The van der Waals surface area contributed by atoms with Gasteiger partial charge in [0, 0.05) is 28.3 Å². The average Bonchev–Trinajstić information content (AvgIpc) is 2.91. The summed E-state index contributed by atoms with van der Waals surface area (Å²) in [7, 11) is 1.66. The number of anilines is 1. The van der Waals surface area contributed by atoms with Crippen LogP contribution in [0.25, 0.3) is 0 Å². The average molecular weight is 583 g/mol. The highest BCUT2D eigenvalue weighted by molar-refractivity contribution is 7.99. The lowest BCUT2D eigenvalue weighted by Crippen LogP contribution is -2.31. The molecule has 0 spiro atoms. The predicted octanol–water partition coefficient (Wildman–Crippen LogP) is 6.83. The molecule has 1 fully saturated rings. The summed E-state index contributed by atoms with van der Waals surface area (Å²) in [5.41, 5.74) is 3.11. The van der Waals surface area contributed by atoms with Crippen molar-refractivity contribution in [1.29, 1.82) is 0 Å². The fourth-order valence-corrected chi connectivity index (χ4v) is 5.06. The number of hydrogen-bond donors (Lipinski definition) is 2. The summed E-state index contributed by atoms with van der Waals surface area (Å²) in [4.78, 5) is 13.0. The Labute approximate surface area is 235 Å². The summed E-state index contributed by atoms with van der Waals surface area (Å²) in [5.74, 6) is 0.776. The Morgan fingerprint density at radius 2 is 1.70 bits per heavy atom. The van der Waals surface area contributed by atoms with Crippen molar-refractivity contribution in [2.75, 3.05) is 18.2 Å². The molecule has 37 heavy (non-hydrogen) atoms. The zero-order valence-corrected chi connectivity index (χ0v) is 23.0. The van der Waals surface area contributed by atoms with Gasteiger partial charge in [0.2, 0.25) is 0 Å². The first-order valence-electron chi connectivity index (χ1n) is 11.5. The first kappa shape index (κ1) is 28.0. The predicted molar refractivity (Wildman–Crippen MR) is 148 cm³/mol. The fraction of sp³-hybridized carbons (Fsp3) is 0.296. The van der Waals surface area contributed by atoms with E-state index in [2.05, 4.69) is 5.32 Å². The van der Waals surface area contributed by atoms with Crippen LogP contribution in [0.15, 0.2) is 77.7 Å². The number of nitrogens with one attached hydrogen (secondary N) is 1. The molecule has 1 saturated heterocycles.